The summed E-state index contributed by atoms with van der Waals surface area (Å²) in [6.45, 7) is 3.83. The second-order valence-electron chi connectivity index (χ2n) is 2.49. The molecule has 0 bridgehead atoms. The fourth-order valence-electron chi connectivity index (χ4n) is 0.757. The Morgan fingerprint density at radius 2 is 1.77 bits per heavy atom. The minimum Gasteiger partial charge on any atom is -0.303 e. The third-order valence-corrected chi connectivity index (χ3v) is 1.33. The molecule has 0 aliphatic carbocycles. The maximum absolute atomic E-state index is 9.17. The highest BCUT2D eigenvalue weighted by Gasteiger charge is 1.77. The van der Waals surface area contributed by atoms with E-state index >= 15 is 0 Å². The number of aldehydes is 1. The van der Waals surface area contributed by atoms with Crippen molar-refractivity contribution in [1.82, 2.24) is 0 Å². The summed E-state index contributed by atoms with van der Waals surface area (Å²) < 4.78 is 0. The summed E-state index contributed by atoms with van der Waals surface area (Å²) in [4.78, 5) is 9.17. The van der Waals surface area contributed by atoms with E-state index in [1.807, 2.05) is 38.1 Å². The first-order valence-electron chi connectivity index (χ1n) is 4.46. The Balaban J connectivity index is 0.000000310. The standard InChI is InChI=1S/C9H10.C3H6O/c1-2-6-9-7-4-3-5-8-9;1-2-3-4/h2-8H,1H3;3H,2H2,1H3. The van der Waals surface area contributed by atoms with Crippen LogP contribution >= 0.6 is 0 Å². The van der Waals surface area contributed by atoms with E-state index in [2.05, 4.69) is 18.2 Å². The van der Waals surface area contributed by atoms with Crippen LogP contribution in [0.3, 0.4) is 0 Å². The van der Waals surface area contributed by atoms with Crippen molar-refractivity contribution in [3.8, 4) is 0 Å². The van der Waals surface area contributed by atoms with Crippen molar-refractivity contribution in [2.45, 2.75) is 20.3 Å². The van der Waals surface area contributed by atoms with Crippen LogP contribution in [-0.4, -0.2) is 6.29 Å². The van der Waals surface area contributed by atoms with Gasteiger partial charge in [-0.05, 0) is 12.5 Å². The molecule has 0 atom stereocenters. The van der Waals surface area contributed by atoms with E-state index in [9.17, 15) is 4.79 Å². The van der Waals surface area contributed by atoms with Crippen molar-refractivity contribution in [2.24, 2.45) is 0 Å². The Morgan fingerprint density at radius 1 is 1.23 bits per heavy atom. The van der Waals surface area contributed by atoms with Gasteiger partial charge < -0.3 is 4.79 Å². The zero-order valence-electron chi connectivity index (χ0n) is 8.23. The molecule has 1 rings (SSSR count). The Labute approximate surface area is 80.1 Å². The van der Waals surface area contributed by atoms with Crippen molar-refractivity contribution < 1.29 is 4.79 Å². The maximum atomic E-state index is 9.17. The van der Waals surface area contributed by atoms with Crippen LogP contribution in [-0.2, 0) is 4.79 Å². The number of rotatable bonds is 2. The number of benzene rings is 1. The molecule has 0 N–H and O–H groups in total. The van der Waals surface area contributed by atoms with E-state index in [0.717, 1.165) is 6.29 Å². The molecule has 0 radical (unpaired) electrons. The van der Waals surface area contributed by atoms with Gasteiger partial charge in [-0.2, -0.15) is 0 Å². The van der Waals surface area contributed by atoms with Crippen LogP contribution in [0.5, 0.6) is 0 Å². The predicted octanol–water partition coefficient (Wildman–Crippen LogP) is 3.32. The number of carbonyl (C=O) groups is 1. The molecule has 1 aromatic rings. The van der Waals surface area contributed by atoms with Crippen LogP contribution in [0, 0.1) is 0 Å². The fraction of sp³-hybridized carbons (Fsp3) is 0.250. The van der Waals surface area contributed by atoms with Gasteiger partial charge in [0.15, 0.2) is 0 Å². The summed E-state index contributed by atoms with van der Waals surface area (Å²) in [6.07, 6.45) is 5.63. The van der Waals surface area contributed by atoms with E-state index < -0.39 is 0 Å². The van der Waals surface area contributed by atoms with Crippen LogP contribution in [0.15, 0.2) is 36.4 Å². The van der Waals surface area contributed by atoms with E-state index in [0.29, 0.717) is 6.42 Å². The zero-order chi connectivity index (χ0) is 9.94. The monoisotopic (exact) mass is 176 g/mol. The lowest BCUT2D eigenvalue weighted by atomic mass is 10.2. The molecule has 0 aliphatic heterocycles. The lowest BCUT2D eigenvalue weighted by molar-refractivity contribution is -0.107. The lowest BCUT2D eigenvalue weighted by Gasteiger charge is -1.86. The Morgan fingerprint density at radius 3 is 2.15 bits per heavy atom. The van der Waals surface area contributed by atoms with E-state index in [1.165, 1.54) is 5.56 Å². The first-order chi connectivity index (χ1) is 6.35. The second kappa shape index (κ2) is 8.72. The van der Waals surface area contributed by atoms with Crippen molar-refractivity contribution in [2.75, 3.05) is 0 Å². The summed E-state index contributed by atoms with van der Waals surface area (Å²) in [7, 11) is 0. The average Bonchev–Trinajstić information content (AvgIpc) is 2.20. The van der Waals surface area contributed by atoms with Crippen LogP contribution in [0.2, 0.25) is 0 Å². The molecule has 0 unspecified atom stereocenters. The van der Waals surface area contributed by atoms with E-state index in [4.69, 9.17) is 0 Å². The van der Waals surface area contributed by atoms with E-state index in [1.54, 1.807) is 0 Å². The minimum atomic E-state index is 0.639. The Hall–Kier alpha value is -1.37. The molecule has 0 fully saturated rings. The van der Waals surface area contributed by atoms with Gasteiger partial charge in [-0.25, -0.2) is 0 Å². The SMILES string of the molecule is CC=Cc1ccccc1.CCC=O. The molecule has 1 heteroatoms. The Kier molecular flexibility index (Phi) is 7.80. The van der Waals surface area contributed by atoms with Gasteiger partial charge in [0.1, 0.15) is 6.29 Å². The lowest BCUT2D eigenvalue weighted by Crippen LogP contribution is -1.65. The van der Waals surface area contributed by atoms with Crippen molar-refractivity contribution in [1.29, 1.82) is 0 Å². The maximum Gasteiger partial charge on any atom is 0.119 e. The second-order valence-corrected chi connectivity index (χ2v) is 2.49. The van der Waals surface area contributed by atoms with E-state index in [-0.39, 0.29) is 0 Å². The van der Waals surface area contributed by atoms with Gasteiger partial charge in [-0.3, -0.25) is 0 Å². The third kappa shape index (κ3) is 7.01. The predicted molar refractivity (Wildman–Crippen MR) is 57.5 cm³/mol. The summed E-state index contributed by atoms with van der Waals surface area (Å²) in [5.41, 5.74) is 1.26. The minimum absolute atomic E-state index is 0.639. The molecule has 1 nitrogen and oxygen atoms in total. The van der Waals surface area contributed by atoms with Crippen LogP contribution in [0.4, 0.5) is 0 Å². The molecular weight excluding hydrogens is 160 g/mol. The highest BCUT2D eigenvalue weighted by atomic mass is 16.1. The first kappa shape index (κ1) is 11.6. The molecule has 0 aliphatic rings. The van der Waals surface area contributed by atoms with Gasteiger partial charge in [0.25, 0.3) is 0 Å². The first-order valence-corrected chi connectivity index (χ1v) is 4.46. The zero-order valence-corrected chi connectivity index (χ0v) is 8.23. The average molecular weight is 176 g/mol. The van der Waals surface area contributed by atoms with Crippen molar-refractivity contribution in [3.05, 3.63) is 42.0 Å². The van der Waals surface area contributed by atoms with Gasteiger partial charge >= 0.3 is 0 Å². The van der Waals surface area contributed by atoms with Gasteiger partial charge in [0.05, 0.1) is 0 Å². The van der Waals surface area contributed by atoms with Gasteiger partial charge in [-0.1, -0.05) is 49.4 Å². The molecule has 0 spiro atoms. The van der Waals surface area contributed by atoms with Crippen LogP contribution in [0.25, 0.3) is 6.08 Å². The molecule has 0 saturated heterocycles. The number of carbonyl (C=O) groups excluding carboxylic acids is 1. The summed E-state index contributed by atoms with van der Waals surface area (Å²) >= 11 is 0. The Bertz CT molecular complexity index is 237. The van der Waals surface area contributed by atoms with Crippen LogP contribution < -0.4 is 0 Å². The fourth-order valence-corrected chi connectivity index (χ4v) is 0.757. The van der Waals surface area contributed by atoms with Crippen molar-refractivity contribution in [3.63, 3.8) is 0 Å². The quantitative estimate of drug-likeness (QED) is 0.632. The summed E-state index contributed by atoms with van der Waals surface area (Å²) in [5, 5.41) is 0. The molecule has 0 saturated carbocycles. The number of allylic oxidation sites excluding steroid dienone is 1. The highest BCUT2D eigenvalue weighted by molar-refractivity contribution is 5.48. The third-order valence-electron chi connectivity index (χ3n) is 1.33. The highest BCUT2D eigenvalue weighted by Crippen LogP contribution is 1.99. The van der Waals surface area contributed by atoms with Gasteiger partial charge in [0, 0.05) is 6.42 Å². The number of hydrogen-bond donors (Lipinski definition) is 0. The molecule has 0 aromatic heterocycles. The molecule has 1 aromatic carbocycles. The van der Waals surface area contributed by atoms with Gasteiger partial charge in [0.2, 0.25) is 0 Å². The smallest absolute Gasteiger partial charge is 0.119 e. The molecular formula is C12H16O. The summed E-state index contributed by atoms with van der Waals surface area (Å²) in [6, 6.07) is 10.3. The number of hydrogen-bond acceptors (Lipinski definition) is 1. The molecule has 13 heavy (non-hydrogen) atoms. The van der Waals surface area contributed by atoms with Crippen molar-refractivity contribution >= 4 is 12.4 Å². The summed E-state index contributed by atoms with van der Waals surface area (Å²) in [5.74, 6) is 0. The molecule has 70 valence electrons. The van der Waals surface area contributed by atoms with Gasteiger partial charge in [-0.15, -0.1) is 0 Å². The topological polar surface area (TPSA) is 17.1 Å². The largest absolute Gasteiger partial charge is 0.303 e. The molecule has 0 heterocycles. The van der Waals surface area contributed by atoms with Crippen LogP contribution in [0.1, 0.15) is 25.8 Å². The molecule has 0 amide bonds. The normalized spacial score (nSPS) is 9.08.